The number of nitrogens with one attached hydrogen (secondary N) is 1. The summed E-state index contributed by atoms with van der Waals surface area (Å²) in [6.45, 7) is 2.51. The van der Waals surface area contributed by atoms with Crippen LogP contribution in [0.4, 0.5) is 16.5 Å². The summed E-state index contributed by atoms with van der Waals surface area (Å²) >= 11 is 7.90. The predicted molar refractivity (Wildman–Crippen MR) is 125 cm³/mol. The summed E-state index contributed by atoms with van der Waals surface area (Å²) in [6.07, 6.45) is 0. The number of thiazole rings is 1. The van der Waals surface area contributed by atoms with Crippen LogP contribution in [0.15, 0.2) is 66.7 Å². The van der Waals surface area contributed by atoms with Crippen molar-refractivity contribution in [2.75, 3.05) is 23.9 Å². The molecule has 1 amide bonds. The second kappa shape index (κ2) is 8.73. The van der Waals surface area contributed by atoms with Gasteiger partial charge in [0.2, 0.25) is 0 Å². The van der Waals surface area contributed by atoms with E-state index in [2.05, 4.69) is 5.32 Å². The van der Waals surface area contributed by atoms with Crippen molar-refractivity contribution < 1.29 is 9.53 Å². The standard InChI is InChI=1S/C23H20ClN3O2S/c1-3-29-17-11-9-16(10-12-17)27(23-26-20-6-4-5-7-21(20)30-23)22(28)18-13-8-15(25-2)14-19(18)24/h4-14,25H,3H2,1-2H3. The summed E-state index contributed by atoms with van der Waals surface area (Å²) in [4.78, 5) is 19.9. The molecule has 0 aliphatic rings. The Balaban J connectivity index is 1.81. The van der Waals surface area contributed by atoms with Gasteiger partial charge in [0.05, 0.1) is 33.1 Å². The van der Waals surface area contributed by atoms with E-state index >= 15 is 0 Å². The van der Waals surface area contributed by atoms with Gasteiger partial charge in [-0.15, -0.1) is 0 Å². The lowest BCUT2D eigenvalue weighted by molar-refractivity contribution is 0.0999. The molecule has 1 aromatic heterocycles. The molecule has 0 saturated carbocycles. The minimum absolute atomic E-state index is 0.245. The van der Waals surface area contributed by atoms with Gasteiger partial charge in [0, 0.05) is 12.7 Å². The average molecular weight is 438 g/mol. The largest absolute Gasteiger partial charge is 0.494 e. The van der Waals surface area contributed by atoms with Crippen molar-refractivity contribution in [2.45, 2.75) is 6.92 Å². The van der Waals surface area contributed by atoms with Crippen LogP contribution in [-0.4, -0.2) is 24.5 Å². The summed E-state index contributed by atoms with van der Waals surface area (Å²) in [5, 5.41) is 3.99. The van der Waals surface area contributed by atoms with Crippen LogP contribution in [0.3, 0.4) is 0 Å². The molecule has 0 radical (unpaired) electrons. The van der Waals surface area contributed by atoms with Crippen LogP contribution in [0.25, 0.3) is 10.2 Å². The number of carbonyl (C=O) groups excluding carboxylic acids is 1. The topological polar surface area (TPSA) is 54.5 Å². The van der Waals surface area contributed by atoms with E-state index in [1.165, 1.54) is 11.3 Å². The second-order valence-corrected chi connectivity index (χ2v) is 7.89. The van der Waals surface area contributed by atoms with Crippen LogP contribution >= 0.6 is 22.9 Å². The fraction of sp³-hybridized carbons (Fsp3) is 0.130. The number of amides is 1. The highest BCUT2D eigenvalue weighted by Gasteiger charge is 2.25. The number of ether oxygens (including phenoxy) is 1. The normalized spacial score (nSPS) is 10.8. The average Bonchev–Trinajstić information content (AvgIpc) is 3.18. The van der Waals surface area contributed by atoms with E-state index < -0.39 is 0 Å². The molecule has 0 saturated heterocycles. The molecular formula is C23H20ClN3O2S. The van der Waals surface area contributed by atoms with Crippen LogP contribution in [0.5, 0.6) is 5.75 Å². The Hall–Kier alpha value is -3.09. The smallest absolute Gasteiger partial charge is 0.266 e. The molecule has 1 N–H and O–H groups in total. The zero-order valence-corrected chi connectivity index (χ0v) is 18.1. The van der Waals surface area contributed by atoms with Gasteiger partial charge in [-0.25, -0.2) is 4.98 Å². The number of fused-ring (bicyclic) bond motifs is 1. The van der Waals surface area contributed by atoms with Gasteiger partial charge < -0.3 is 10.1 Å². The molecular weight excluding hydrogens is 418 g/mol. The van der Waals surface area contributed by atoms with Crippen molar-refractivity contribution in [1.82, 2.24) is 4.98 Å². The third-order valence-corrected chi connectivity index (χ3v) is 5.91. The number of nitrogens with zero attached hydrogens (tertiary/aromatic N) is 2. The van der Waals surface area contributed by atoms with Crippen LogP contribution in [0.1, 0.15) is 17.3 Å². The van der Waals surface area contributed by atoms with Gasteiger partial charge in [-0.05, 0) is 61.5 Å². The Morgan fingerprint density at radius 3 is 2.57 bits per heavy atom. The SMILES string of the molecule is CCOc1ccc(N(C(=O)c2ccc(NC)cc2Cl)c2nc3ccccc3s2)cc1. The molecule has 7 heteroatoms. The quantitative estimate of drug-likeness (QED) is 0.381. The Labute approximate surface area is 183 Å². The van der Waals surface area contributed by atoms with Crippen LogP contribution in [0.2, 0.25) is 5.02 Å². The zero-order valence-electron chi connectivity index (χ0n) is 16.6. The predicted octanol–water partition coefficient (Wildman–Crippen LogP) is 6.37. The van der Waals surface area contributed by atoms with E-state index in [0.29, 0.717) is 28.0 Å². The minimum Gasteiger partial charge on any atom is -0.494 e. The first kappa shape index (κ1) is 20.2. The highest BCUT2D eigenvalue weighted by molar-refractivity contribution is 7.22. The van der Waals surface area contributed by atoms with E-state index in [0.717, 1.165) is 21.7 Å². The van der Waals surface area contributed by atoms with Crippen molar-refractivity contribution in [3.8, 4) is 5.75 Å². The Kier molecular flexibility index (Phi) is 5.88. The highest BCUT2D eigenvalue weighted by Crippen LogP contribution is 2.36. The first-order valence-corrected chi connectivity index (χ1v) is 10.7. The second-order valence-electron chi connectivity index (χ2n) is 6.48. The van der Waals surface area contributed by atoms with Crippen molar-refractivity contribution in [2.24, 2.45) is 0 Å². The van der Waals surface area contributed by atoms with E-state index in [-0.39, 0.29) is 5.91 Å². The molecule has 3 aromatic carbocycles. The van der Waals surface area contributed by atoms with Gasteiger partial charge in [-0.1, -0.05) is 35.1 Å². The van der Waals surface area contributed by atoms with Gasteiger partial charge in [0.15, 0.2) is 5.13 Å². The minimum atomic E-state index is -0.245. The van der Waals surface area contributed by atoms with E-state index in [9.17, 15) is 4.79 Å². The maximum Gasteiger partial charge on any atom is 0.266 e. The number of para-hydroxylation sites is 1. The number of carbonyl (C=O) groups is 1. The number of hydrogen-bond acceptors (Lipinski definition) is 5. The highest BCUT2D eigenvalue weighted by atomic mass is 35.5. The summed E-state index contributed by atoms with van der Waals surface area (Å²) in [5.41, 5.74) is 2.78. The monoisotopic (exact) mass is 437 g/mol. The number of rotatable bonds is 6. The number of hydrogen-bond donors (Lipinski definition) is 1. The van der Waals surface area contributed by atoms with Crippen LogP contribution in [-0.2, 0) is 0 Å². The lowest BCUT2D eigenvalue weighted by Crippen LogP contribution is -2.26. The molecule has 0 atom stereocenters. The van der Waals surface area contributed by atoms with E-state index in [4.69, 9.17) is 21.3 Å². The van der Waals surface area contributed by atoms with Gasteiger partial charge in [-0.3, -0.25) is 9.69 Å². The number of anilines is 3. The third-order valence-electron chi connectivity index (χ3n) is 4.57. The number of benzene rings is 3. The van der Waals surface area contributed by atoms with Gasteiger partial charge in [0.25, 0.3) is 5.91 Å². The zero-order chi connectivity index (χ0) is 21.1. The Morgan fingerprint density at radius 2 is 1.90 bits per heavy atom. The summed E-state index contributed by atoms with van der Waals surface area (Å²) < 4.78 is 6.55. The van der Waals surface area contributed by atoms with Crippen molar-refractivity contribution in [1.29, 1.82) is 0 Å². The molecule has 0 aliphatic heterocycles. The molecule has 0 aliphatic carbocycles. The van der Waals surface area contributed by atoms with Crippen LogP contribution < -0.4 is 15.0 Å². The first-order chi connectivity index (χ1) is 14.6. The maximum atomic E-state index is 13.6. The molecule has 30 heavy (non-hydrogen) atoms. The number of aromatic nitrogens is 1. The van der Waals surface area contributed by atoms with E-state index in [1.807, 2.05) is 61.5 Å². The van der Waals surface area contributed by atoms with E-state index in [1.54, 1.807) is 24.1 Å². The molecule has 4 aromatic rings. The summed E-state index contributed by atoms with van der Waals surface area (Å²) in [5.74, 6) is 0.500. The van der Waals surface area contributed by atoms with Crippen molar-refractivity contribution in [3.05, 3.63) is 77.3 Å². The van der Waals surface area contributed by atoms with Gasteiger partial charge in [-0.2, -0.15) is 0 Å². The van der Waals surface area contributed by atoms with Crippen molar-refractivity contribution in [3.63, 3.8) is 0 Å². The maximum absolute atomic E-state index is 13.6. The Bertz CT molecular complexity index is 1160. The molecule has 0 spiro atoms. The fourth-order valence-electron chi connectivity index (χ4n) is 3.09. The molecule has 0 unspecified atom stereocenters. The summed E-state index contributed by atoms with van der Waals surface area (Å²) in [6, 6.07) is 20.5. The molecule has 4 rings (SSSR count). The lowest BCUT2D eigenvalue weighted by atomic mass is 10.1. The summed E-state index contributed by atoms with van der Waals surface area (Å²) in [7, 11) is 1.81. The van der Waals surface area contributed by atoms with Gasteiger partial charge >= 0.3 is 0 Å². The molecule has 152 valence electrons. The molecule has 1 heterocycles. The molecule has 0 bridgehead atoms. The number of halogens is 1. The van der Waals surface area contributed by atoms with Crippen LogP contribution in [0, 0.1) is 0 Å². The molecule has 0 fully saturated rings. The van der Waals surface area contributed by atoms with Crippen molar-refractivity contribution >= 4 is 55.6 Å². The van der Waals surface area contributed by atoms with Gasteiger partial charge in [0.1, 0.15) is 5.75 Å². The first-order valence-electron chi connectivity index (χ1n) is 9.51. The third kappa shape index (κ3) is 3.97. The fourth-order valence-corrected chi connectivity index (χ4v) is 4.34. The molecule has 5 nitrogen and oxygen atoms in total. The lowest BCUT2D eigenvalue weighted by Gasteiger charge is -2.21. The Morgan fingerprint density at radius 1 is 1.13 bits per heavy atom.